The van der Waals surface area contributed by atoms with E-state index < -0.39 is 0 Å². The quantitative estimate of drug-likeness (QED) is 0.345. The van der Waals surface area contributed by atoms with Crippen molar-refractivity contribution in [3.63, 3.8) is 0 Å². The second-order valence-electron chi connectivity index (χ2n) is 7.40. The van der Waals surface area contributed by atoms with Crippen molar-refractivity contribution in [3.05, 3.63) is 46.1 Å². The van der Waals surface area contributed by atoms with Gasteiger partial charge in [0.05, 0.1) is 11.1 Å². The Bertz CT molecular complexity index is 1170. The molecular weight excluding hydrogens is 434 g/mol. The van der Waals surface area contributed by atoms with Gasteiger partial charge in [-0.2, -0.15) is 0 Å². The molecule has 0 spiro atoms. The van der Waals surface area contributed by atoms with Crippen LogP contribution in [0.5, 0.6) is 0 Å². The van der Waals surface area contributed by atoms with E-state index in [0.29, 0.717) is 28.5 Å². The van der Waals surface area contributed by atoms with Crippen LogP contribution in [0.3, 0.4) is 0 Å². The fraction of sp³-hybridized carbons (Fsp3) is 0.333. The molecule has 2 amide bonds. The molecular formula is C21H23N5O3S2. The van der Waals surface area contributed by atoms with Crippen molar-refractivity contribution in [2.45, 2.75) is 31.0 Å². The van der Waals surface area contributed by atoms with Crippen LogP contribution in [0, 0.1) is 0 Å². The summed E-state index contributed by atoms with van der Waals surface area (Å²) in [6.07, 6.45) is 1.47. The number of nitrogens with two attached hydrogens (primary N) is 1. The van der Waals surface area contributed by atoms with Gasteiger partial charge in [0, 0.05) is 37.0 Å². The Kier molecular flexibility index (Phi) is 6.28. The number of hydrogen-bond acceptors (Lipinski definition) is 7. The van der Waals surface area contributed by atoms with Gasteiger partial charge in [-0.3, -0.25) is 14.4 Å². The molecule has 0 aliphatic carbocycles. The standard InChI is InChI=1S/C21H23N5O3S2/c1-13(27)25-9-7-15(8-10-25)23-17(28)12-31-21-24-19-18(20(29)26(21)22)16(11-30-19)14-5-3-2-4-6-14/h2-6,11,15H,7-10,12,22H2,1H3,(H,23,28). The minimum absolute atomic E-state index is 0.0462. The van der Waals surface area contributed by atoms with Crippen molar-refractivity contribution in [1.82, 2.24) is 19.9 Å². The Balaban J connectivity index is 1.44. The van der Waals surface area contributed by atoms with Crippen molar-refractivity contribution in [1.29, 1.82) is 0 Å². The summed E-state index contributed by atoms with van der Waals surface area (Å²) in [7, 11) is 0. The largest absolute Gasteiger partial charge is 0.353 e. The van der Waals surface area contributed by atoms with Crippen molar-refractivity contribution < 1.29 is 9.59 Å². The van der Waals surface area contributed by atoms with E-state index in [1.54, 1.807) is 11.8 Å². The zero-order valence-electron chi connectivity index (χ0n) is 17.0. The number of amides is 2. The van der Waals surface area contributed by atoms with Crippen LogP contribution in [0.2, 0.25) is 0 Å². The molecule has 1 fully saturated rings. The second-order valence-corrected chi connectivity index (χ2v) is 9.20. The summed E-state index contributed by atoms with van der Waals surface area (Å²) < 4.78 is 1.02. The monoisotopic (exact) mass is 457 g/mol. The van der Waals surface area contributed by atoms with Gasteiger partial charge in [-0.05, 0) is 18.4 Å². The normalized spacial score (nSPS) is 14.7. The third-order valence-corrected chi connectivity index (χ3v) is 7.16. The third-order valence-electron chi connectivity index (χ3n) is 5.33. The van der Waals surface area contributed by atoms with E-state index in [0.717, 1.165) is 40.4 Å². The van der Waals surface area contributed by atoms with Crippen LogP contribution in [0.15, 0.2) is 45.7 Å². The highest BCUT2D eigenvalue weighted by atomic mass is 32.2. The molecule has 162 valence electrons. The van der Waals surface area contributed by atoms with Gasteiger partial charge in [0.15, 0.2) is 5.16 Å². The Morgan fingerprint density at radius 3 is 2.65 bits per heavy atom. The molecule has 1 aliphatic heterocycles. The number of hydrogen-bond donors (Lipinski definition) is 2. The molecule has 3 N–H and O–H groups in total. The molecule has 31 heavy (non-hydrogen) atoms. The lowest BCUT2D eigenvalue weighted by Gasteiger charge is -2.31. The first kappa shape index (κ1) is 21.4. The predicted octanol–water partition coefficient (Wildman–Crippen LogP) is 2.06. The fourth-order valence-electron chi connectivity index (χ4n) is 3.65. The lowest BCUT2D eigenvalue weighted by Crippen LogP contribution is -2.46. The van der Waals surface area contributed by atoms with Gasteiger partial charge < -0.3 is 16.1 Å². The Hall–Kier alpha value is -2.85. The van der Waals surface area contributed by atoms with E-state index in [1.165, 1.54) is 11.3 Å². The summed E-state index contributed by atoms with van der Waals surface area (Å²) in [4.78, 5) is 43.6. The van der Waals surface area contributed by atoms with Crippen LogP contribution in [0.1, 0.15) is 19.8 Å². The first-order valence-electron chi connectivity index (χ1n) is 9.96. The summed E-state index contributed by atoms with van der Waals surface area (Å²) in [5.74, 6) is 6.06. The van der Waals surface area contributed by atoms with E-state index in [-0.39, 0.29) is 29.2 Å². The molecule has 10 heteroatoms. The van der Waals surface area contributed by atoms with Crippen molar-refractivity contribution in [3.8, 4) is 11.1 Å². The highest BCUT2D eigenvalue weighted by Crippen LogP contribution is 2.31. The number of likely N-dealkylation sites (tertiary alicyclic amines) is 1. The van der Waals surface area contributed by atoms with Crippen LogP contribution >= 0.6 is 23.1 Å². The number of rotatable bonds is 5. The van der Waals surface area contributed by atoms with E-state index in [1.807, 2.05) is 35.7 Å². The SMILES string of the molecule is CC(=O)N1CCC(NC(=O)CSc2nc3scc(-c4ccccc4)c3c(=O)n2N)CC1. The van der Waals surface area contributed by atoms with Crippen LogP contribution in [-0.2, 0) is 9.59 Å². The number of fused-ring (bicyclic) bond motifs is 1. The summed E-state index contributed by atoms with van der Waals surface area (Å²) in [5, 5.41) is 5.70. The zero-order valence-corrected chi connectivity index (χ0v) is 18.7. The van der Waals surface area contributed by atoms with E-state index >= 15 is 0 Å². The number of nitrogens with one attached hydrogen (secondary N) is 1. The minimum atomic E-state index is -0.329. The maximum Gasteiger partial charge on any atom is 0.282 e. The number of thiophene rings is 1. The first-order chi connectivity index (χ1) is 14.9. The van der Waals surface area contributed by atoms with Gasteiger partial charge in [0.2, 0.25) is 11.8 Å². The maximum atomic E-state index is 12.9. The van der Waals surface area contributed by atoms with E-state index in [2.05, 4.69) is 10.3 Å². The van der Waals surface area contributed by atoms with Crippen LogP contribution < -0.4 is 16.7 Å². The lowest BCUT2D eigenvalue weighted by atomic mass is 10.1. The van der Waals surface area contributed by atoms with Gasteiger partial charge >= 0.3 is 0 Å². The summed E-state index contributed by atoms with van der Waals surface area (Å²) in [5.41, 5.74) is 1.41. The number of piperidine rings is 1. The minimum Gasteiger partial charge on any atom is -0.353 e. The molecule has 8 nitrogen and oxygen atoms in total. The van der Waals surface area contributed by atoms with E-state index in [9.17, 15) is 14.4 Å². The maximum absolute atomic E-state index is 12.9. The molecule has 0 bridgehead atoms. The number of carbonyl (C=O) groups is 2. The summed E-state index contributed by atoms with van der Waals surface area (Å²) in [6.45, 7) is 2.86. The molecule has 0 atom stereocenters. The molecule has 0 unspecified atom stereocenters. The molecule has 3 aromatic rings. The third kappa shape index (κ3) is 4.59. The average Bonchev–Trinajstić information content (AvgIpc) is 3.20. The Morgan fingerprint density at radius 1 is 1.26 bits per heavy atom. The molecule has 0 radical (unpaired) electrons. The number of nitrogens with zero attached hydrogens (tertiary/aromatic N) is 3. The molecule has 3 heterocycles. The highest BCUT2D eigenvalue weighted by molar-refractivity contribution is 7.99. The smallest absolute Gasteiger partial charge is 0.282 e. The highest BCUT2D eigenvalue weighted by Gasteiger charge is 2.22. The molecule has 2 aromatic heterocycles. The van der Waals surface area contributed by atoms with Gasteiger partial charge in [-0.1, -0.05) is 42.1 Å². The van der Waals surface area contributed by atoms with Crippen molar-refractivity contribution >= 4 is 45.1 Å². The van der Waals surface area contributed by atoms with Crippen LogP contribution in [-0.4, -0.2) is 51.3 Å². The summed E-state index contributed by atoms with van der Waals surface area (Å²) in [6, 6.07) is 9.68. The number of benzene rings is 1. The van der Waals surface area contributed by atoms with Gasteiger partial charge in [0.25, 0.3) is 5.56 Å². The fourth-order valence-corrected chi connectivity index (χ4v) is 5.37. The average molecular weight is 458 g/mol. The Morgan fingerprint density at radius 2 is 1.97 bits per heavy atom. The van der Waals surface area contributed by atoms with Crippen molar-refractivity contribution in [2.75, 3.05) is 24.7 Å². The lowest BCUT2D eigenvalue weighted by molar-refractivity contribution is -0.130. The zero-order chi connectivity index (χ0) is 22.0. The van der Waals surface area contributed by atoms with Crippen LogP contribution in [0.25, 0.3) is 21.3 Å². The van der Waals surface area contributed by atoms with Gasteiger partial charge in [-0.25, -0.2) is 9.66 Å². The second kappa shape index (κ2) is 9.11. The number of nitrogen functional groups attached to an aromatic ring is 1. The van der Waals surface area contributed by atoms with Gasteiger partial charge in [-0.15, -0.1) is 11.3 Å². The molecule has 1 saturated heterocycles. The van der Waals surface area contributed by atoms with Crippen molar-refractivity contribution in [2.24, 2.45) is 0 Å². The topological polar surface area (TPSA) is 110 Å². The number of thioether (sulfide) groups is 1. The molecule has 1 aliphatic rings. The first-order valence-corrected chi connectivity index (χ1v) is 11.8. The van der Waals surface area contributed by atoms with E-state index in [4.69, 9.17) is 5.84 Å². The van der Waals surface area contributed by atoms with Gasteiger partial charge in [0.1, 0.15) is 4.83 Å². The molecule has 1 aromatic carbocycles. The summed E-state index contributed by atoms with van der Waals surface area (Å²) >= 11 is 2.53. The number of carbonyl (C=O) groups excluding carboxylic acids is 2. The predicted molar refractivity (Wildman–Crippen MR) is 124 cm³/mol. The molecule has 4 rings (SSSR count). The Labute approximate surface area is 187 Å². The number of aromatic nitrogens is 2. The van der Waals surface area contributed by atoms with Crippen LogP contribution in [0.4, 0.5) is 0 Å². The molecule has 0 saturated carbocycles.